The quantitative estimate of drug-likeness (QED) is 0.133. The SMILES string of the molecule is CCc1nc2cccc3c2n1-c1cc(-c2c4ccccc4c(-c4ccc5c(c4)C(C)(C)c4cc(C#N)ccc4-5)c4ccccc24)ccc1P3(=O)c1ccccc1. The Morgan fingerprint density at radius 1 is 0.643 bits per heavy atom. The maximum atomic E-state index is 15.8. The zero-order valence-corrected chi connectivity index (χ0v) is 32.2. The van der Waals surface area contributed by atoms with Crippen molar-refractivity contribution >= 4 is 55.6 Å². The second-order valence-electron chi connectivity index (χ2n) is 15.6. The number of benzene rings is 8. The van der Waals surface area contributed by atoms with Crippen LogP contribution in [0.25, 0.3) is 71.6 Å². The van der Waals surface area contributed by atoms with Gasteiger partial charge in [-0.15, -0.1) is 0 Å². The lowest BCUT2D eigenvalue weighted by Crippen LogP contribution is -2.33. The van der Waals surface area contributed by atoms with Gasteiger partial charge < -0.3 is 4.57 Å². The highest BCUT2D eigenvalue weighted by atomic mass is 31.2. The van der Waals surface area contributed by atoms with E-state index >= 15 is 4.57 Å². The summed E-state index contributed by atoms with van der Waals surface area (Å²) in [6.07, 6.45) is 0.746. The summed E-state index contributed by atoms with van der Waals surface area (Å²) in [7, 11) is -3.24. The molecular weight excluding hydrogens is 702 g/mol. The van der Waals surface area contributed by atoms with E-state index in [0.717, 1.165) is 66.8 Å². The van der Waals surface area contributed by atoms with Crippen molar-refractivity contribution in [2.75, 3.05) is 0 Å². The molecule has 0 saturated carbocycles. The van der Waals surface area contributed by atoms with Crippen LogP contribution in [0.4, 0.5) is 0 Å². The Hall–Kier alpha value is -6.53. The van der Waals surface area contributed by atoms with Crippen LogP contribution in [0.5, 0.6) is 0 Å². The zero-order valence-electron chi connectivity index (χ0n) is 31.3. The summed E-state index contributed by atoms with van der Waals surface area (Å²) >= 11 is 0. The third-order valence-corrected chi connectivity index (χ3v) is 15.5. The van der Waals surface area contributed by atoms with Gasteiger partial charge in [0.05, 0.1) is 28.4 Å². The largest absolute Gasteiger partial charge is 0.308 e. The van der Waals surface area contributed by atoms with Gasteiger partial charge in [0.25, 0.3) is 0 Å². The number of hydrogen-bond acceptors (Lipinski definition) is 3. The van der Waals surface area contributed by atoms with E-state index in [0.29, 0.717) is 5.56 Å². The summed E-state index contributed by atoms with van der Waals surface area (Å²) in [4.78, 5) is 5.09. The van der Waals surface area contributed by atoms with Crippen LogP contribution in [0, 0.1) is 11.3 Å². The first-order valence-corrected chi connectivity index (χ1v) is 21.0. The summed E-state index contributed by atoms with van der Waals surface area (Å²) in [5.41, 5.74) is 12.7. The fourth-order valence-corrected chi connectivity index (χ4v) is 12.8. The number of aromatic nitrogens is 2. The molecule has 56 heavy (non-hydrogen) atoms. The fraction of sp³-hybridized carbons (Fsp3) is 0.0980. The molecule has 0 amide bonds. The number of para-hydroxylation sites is 1. The van der Waals surface area contributed by atoms with E-state index in [1.165, 1.54) is 44.2 Å². The third kappa shape index (κ3) is 4.30. The molecule has 266 valence electrons. The van der Waals surface area contributed by atoms with E-state index in [1.807, 2.05) is 54.6 Å². The highest BCUT2D eigenvalue weighted by Crippen LogP contribution is 2.53. The van der Waals surface area contributed by atoms with Gasteiger partial charge in [-0.25, -0.2) is 4.98 Å². The maximum Gasteiger partial charge on any atom is 0.175 e. The van der Waals surface area contributed by atoms with Crippen molar-refractivity contribution in [3.8, 4) is 45.1 Å². The normalized spacial score (nSPS) is 16.1. The minimum atomic E-state index is -3.24. The summed E-state index contributed by atoms with van der Waals surface area (Å²) in [6.45, 7) is 6.68. The van der Waals surface area contributed by atoms with Crippen LogP contribution >= 0.6 is 7.14 Å². The Morgan fingerprint density at radius 2 is 1.23 bits per heavy atom. The number of fused-ring (bicyclic) bond motifs is 7. The standard InChI is InChI=1S/C51H36N3OP/c1-4-47-53-43-19-12-20-46-50(43)54(47)44-29-33(23-26-45(44)56(46,55)34-13-6-5-7-14-34)49-39-17-10-8-15-37(39)48(38-16-9-11-18-40(38)49)32-22-25-36-35-24-21-31(30-52)27-41(35)51(2,3)42(36)28-32/h5-29H,4H2,1-3H3. The van der Waals surface area contributed by atoms with Gasteiger partial charge in [-0.1, -0.05) is 130 Å². The molecule has 8 aromatic carbocycles. The van der Waals surface area contributed by atoms with Gasteiger partial charge >= 0.3 is 0 Å². The van der Waals surface area contributed by atoms with Gasteiger partial charge in [0, 0.05) is 27.7 Å². The number of hydrogen-bond donors (Lipinski definition) is 0. The van der Waals surface area contributed by atoms with Gasteiger partial charge in [-0.2, -0.15) is 5.26 Å². The lowest BCUT2D eigenvalue weighted by molar-refractivity contribution is 0.592. The summed E-state index contributed by atoms with van der Waals surface area (Å²) in [5, 5.41) is 16.9. The Morgan fingerprint density at radius 3 is 1.88 bits per heavy atom. The van der Waals surface area contributed by atoms with Crippen LogP contribution in [0.2, 0.25) is 0 Å². The molecule has 0 radical (unpaired) electrons. The van der Waals surface area contributed by atoms with Gasteiger partial charge in [0.1, 0.15) is 5.82 Å². The molecule has 2 heterocycles. The first-order chi connectivity index (χ1) is 27.3. The molecule has 5 heteroatoms. The second-order valence-corrected chi connectivity index (χ2v) is 18.3. The molecule has 1 unspecified atom stereocenters. The smallest absolute Gasteiger partial charge is 0.175 e. The Kier molecular flexibility index (Phi) is 6.89. The van der Waals surface area contributed by atoms with Crippen molar-refractivity contribution in [2.45, 2.75) is 32.6 Å². The summed E-state index contributed by atoms with van der Waals surface area (Å²) in [5.74, 6) is 0.959. The second kappa shape index (κ2) is 11.7. The number of nitrogens with zero attached hydrogens (tertiary/aromatic N) is 3. The zero-order chi connectivity index (χ0) is 37.9. The van der Waals surface area contributed by atoms with Crippen molar-refractivity contribution < 1.29 is 4.57 Å². The first kappa shape index (κ1) is 32.9. The van der Waals surface area contributed by atoms with Crippen LogP contribution in [0.15, 0.2) is 152 Å². The number of rotatable bonds is 4. The molecule has 0 N–H and O–H groups in total. The minimum absolute atomic E-state index is 0.254. The number of nitriles is 1. The molecule has 0 fully saturated rings. The highest BCUT2D eigenvalue weighted by Gasteiger charge is 2.40. The van der Waals surface area contributed by atoms with Gasteiger partial charge in [-0.3, -0.25) is 4.57 Å². The first-order valence-electron chi connectivity index (χ1n) is 19.3. The summed E-state index contributed by atoms with van der Waals surface area (Å²) < 4.78 is 18.1. The third-order valence-electron chi connectivity index (χ3n) is 12.4. The van der Waals surface area contributed by atoms with Crippen molar-refractivity contribution in [3.63, 3.8) is 0 Å². The monoisotopic (exact) mass is 737 g/mol. The Labute approximate surface area is 325 Å². The topological polar surface area (TPSA) is 58.7 Å². The molecule has 2 aliphatic rings. The average molecular weight is 738 g/mol. The van der Waals surface area contributed by atoms with Gasteiger partial charge in [0.15, 0.2) is 7.14 Å². The van der Waals surface area contributed by atoms with E-state index in [4.69, 9.17) is 4.98 Å². The average Bonchev–Trinajstić information content (AvgIpc) is 3.73. The van der Waals surface area contributed by atoms with Crippen molar-refractivity contribution in [3.05, 3.63) is 174 Å². The molecule has 11 rings (SSSR count). The van der Waals surface area contributed by atoms with Gasteiger partial charge in [0.2, 0.25) is 0 Å². The lowest BCUT2D eigenvalue weighted by Gasteiger charge is -2.30. The molecule has 0 spiro atoms. The van der Waals surface area contributed by atoms with Crippen LogP contribution in [-0.2, 0) is 16.4 Å². The minimum Gasteiger partial charge on any atom is -0.308 e. The van der Waals surface area contributed by atoms with Crippen LogP contribution in [0.1, 0.15) is 43.3 Å². The molecule has 1 aliphatic heterocycles. The predicted octanol–water partition coefficient (Wildman–Crippen LogP) is 11.4. The molecule has 9 aromatic rings. The van der Waals surface area contributed by atoms with E-state index in [1.54, 1.807) is 0 Å². The highest BCUT2D eigenvalue weighted by molar-refractivity contribution is 7.86. The Bertz CT molecular complexity index is 3200. The molecule has 1 aromatic heterocycles. The lowest BCUT2D eigenvalue weighted by atomic mass is 9.80. The number of imidazole rings is 1. The molecule has 0 saturated heterocycles. The van der Waals surface area contributed by atoms with Crippen LogP contribution < -0.4 is 15.9 Å². The van der Waals surface area contributed by atoms with E-state index in [9.17, 15) is 5.26 Å². The maximum absolute atomic E-state index is 15.8. The van der Waals surface area contributed by atoms with E-state index in [-0.39, 0.29) is 5.41 Å². The number of aryl methyl sites for hydroxylation is 1. The van der Waals surface area contributed by atoms with Crippen molar-refractivity contribution in [2.24, 2.45) is 0 Å². The van der Waals surface area contributed by atoms with Gasteiger partial charge in [-0.05, 0) is 109 Å². The van der Waals surface area contributed by atoms with Crippen molar-refractivity contribution in [1.29, 1.82) is 5.26 Å². The van der Waals surface area contributed by atoms with E-state index < -0.39 is 7.14 Å². The Balaban J connectivity index is 1.17. The summed E-state index contributed by atoms with van der Waals surface area (Å²) in [6, 6.07) is 55.5. The molecular formula is C51H36N3OP. The molecule has 4 nitrogen and oxygen atoms in total. The fourth-order valence-electron chi connectivity index (χ4n) is 9.79. The van der Waals surface area contributed by atoms with E-state index in [2.05, 4.69) is 128 Å². The van der Waals surface area contributed by atoms with Crippen molar-refractivity contribution in [1.82, 2.24) is 9.55 Å². The van der Waals surface area contributed by atoms with Crippen LogP contribution in [0.3, 0.4) is 0 Å². The predicted molar refractivity (Wildman–Crippen MR) is 232 cm³/mol. The molecule has 1 atom stereocenters. The molecule has 0 bridgehead atoms. The van der Waals surface area contributed by atoms with Crippen LogP contribution in [-0.4, -0.2) is 9.55 Å². The molecule has 1 aliphatic carbocycles.